The number of halogens is 1. The van der Waals surface area contributed by atoms with E-state index in [1.165, 1.54) is 0 Å². The molecule has 0 saturated carbocycles. The molecule has 2 heterocycles. The van der Waals surface area contributed by atoms with Crippen molar-refractivity contribution in [1.29, 1.82) is 0 Å². The van der Waals surface area contributed by atoms with Crippen molar-refractivity contribution in [3.8, 4) is 5.82 Å². The maximum Gasteiger partial charge on any atom is 0.276 e. The molecule has 1 amide bonds. The summed E-state index contributed by atoms with van der Waals surface area (Å²) in [5.74, 6) is 0.329. The number of nitrogens with zero attached hydrogens (tertiary/aromatic N) is 4. The summed E-state index contributed by atoms with van der Waals surface area (Å²) in [6.07, 6.45) is 3.73. The van der Waals surface area contributed by atoms with Crippen molar-refractivity contribution in [1.82, 2.24) is 24.9 Å². The fraction of sp³-hybridized carbons (Fsp3) is 0.136. The van der Waals surface area contributed by atoms with Crippen LogP contribution in [0.25, 0.3) is 5.82 Å². The predicted octanol–water partition coefficient (Wildman–Crippen LogP) is 4.26. The highest BCUT2D eigenvalue weighted by atomic mass is 35.5. The van der Waals surface area contributed by atoms with Gasteiger partial charge in [-0.05, 0) is 42.3 Å². The van der Waals surface area contributed by atoms with Crippen LogP contribution in [-0.2, 0) is 6.54 Å². The number of aromatic nitrogens is 4. The van der Waals surface area contributed by atoms with Gasteiger partial charge in [0, 0.05) is 17.4 Å². The maximum absolute atomic E-state index is 13.0. The van der Waals surface area contributed by atoms with Crippen molar-refractivity contribution in [2.45, 2.75) is 19.5 Å². The number of hydrogen-bond donors (Lipinski definition) is 1. The molecule has 1 N–H and O–H groups in total. The first-order chi connectivity index (χ1) is 14.1. The van der Waals surface area contributed by atoms with Gasteiger partial charge in [0.05, 0.1) is 12.6 Å². The van der Waals surface area contributed by atoms with E-state index in [0.717, 1.165) is 11.1 Å². The van der Waals surface area contributed by atoms with Gasteiger partial charge >= 0.3 is 0 Å². The third kappa shape index (κ3) is 4.22. The van der Waals surface area contributed by atoms with Gasteiger partial charge < -0.3 is 9.88 Å². The van der Waals surface area contributed by atoms with Crippen LogP contribution in [0.4, 0.5) is 0 Å². The molecule has 4 aromatic rings. The van der Waals surface area contributed by atoms with Gasteiger partial charge in [0.25, 0.3) is 5.91 Å². The van der Waals surface area contributed by atoms with Crippen molar-refractivity contribution in [2.75, 3.05) is 0 Å². The predicted molar refractivity (Wildman–Crippen MR) is 112 cm³/mol. The Morgan fingerprint density at radius 2 is 1.83 bits per heavy atom. The molecule has 2 aromatic carbocycles. The Bertz CT molecular complexity index is 1110. The number of carbonyl (C=O) groups excluding carboxylic acids is 1. The molecule has 2 aromatic heterocycles. The molecule has 0 bridgehead atoms. The minimum Gasteiger partial charge on any atom is -0.344 e. The van der Waals surface area contributed by atoms with Gasteiger partial charge in [0.1, 0.15) is 0 Å². The van der Waals surface area contributed by atoms with E-state index in [0.29, 0.717) is 17.4 Å². The maximum atomic E-state index is 13.0. The Kier molecular flexibility index (Phi) is 5.44. The van der Waals surface area contributed by atoms with E-state index < -0.39 is 0 Å². The minimum atomic E-state index is -0.276. The highest BCUT2D eigenvalue weighted by Crippen LogP contribution is 2.18. The van der Waals surface area contributed by atoms with Gasteiger partial charge in [0.15, 0.2) is 11.5 Å². The quantitative estimate of drug-likeness (QED) is 0.521. The Morgan fingerprint density at radius 3 is 2.55 bits per heavy atom. The molecule has 7 heteroatoms. The summed E-state index contributed by atoms with van der Waals surface area (Å²) in [4.78, 5) is 13.0. The van der Waals surface area contributed by atoms with E-state index in [1.54, 1.807) is 4.68 Å². The summed E-state index contributed by atoms with van der Waals surface area (Å²) in [5, 5.41) is 12.1. The lowest BCUT2D eigenvalue weighted by atomic mass is 10.1. The molecule has 0 saturated heterocycles. The van der Waals surface area contributed by atoms with Crippen LogP contribution in [0.1, 0.15) is 34.6 Å². The zero-order valence-electron chi connectivity index (χ0n) is 15.9. The molecule has 6 nitrogen and oxygen atoms in total. The molecule has 4 rings (SSSR count). The molecular formula is C22H20ClN5O. The summed E-state index contributed by atoms with van der Waals surface area (Å²) < 4.78 is 3.54. The highest BCUT2D eigenvalue weighted by molar-refractivity contribution is 6.30. The van der Waals surface area contributed by atoms with Crippen LogP contribution in [0.15, 0.2) is 79.1 Å². The average molecular weight is 406 g/mol. The fourth-order valence-corrected chi connectivity index (χ4v) is 3.40. The van der Waals surface area contributed by atoms with Crippen molar-refractivity contribution in [2.24, 2.45) is 0 Å². The lowest BCUT2D eigenvalue weighted by Crippen LogP contribution is -2.28. The smallest absolute Gasteiger partial charge is 0.276 e. The topological polar surface area (TPSA) is 64.7 Å². The molecule has 146 valence electrons. The lowest BCUT2D eigenvalue weighted by Gasteiger charge is -2.14. The lowest BCUT2D eigenvalue weighted by molar-refractivity contribution is 0.0934. The molecule has 0 unspecified atom stereocenters. The van der Waals surface area contributed by atoms with Gasteiger partial charge in [-0.3, -0.25) is 4.79 Å². The van der Waals surface area contributed by atoms with Crippen molar-refractivity contribution in [3.05, 3.63) is 101 Å². The molecule has 0 radical (unpaired) electrons. The van der Waals surface area contributed by atoms with E-state index in [-0.39, 0.29) is 17.6 Å². The number of benzene rings is 2. The first-order valence-electron chi connectivity index (χ1n) is 9.29. The standard InChI is InChI=1S/C22H20ClN5O/c1-16(18-9-3-2-4-10-18)24-21(29)20-22(27-12-5-6-13-27)28(26-25-20)15-17-8-7-11-19(23)14-17/h2-14,16H,15H2,1H3,(H,24,29)/t16-/m1/s1. The highest BCUT2D eigenvalue weighted by Gasteiger charge is 2.22. The number of rotatable bonds is 6. The second-order valence-corrected chi connectivity index (χ2v) is 7.18. The third-order valence-corrected chi connectivity index (χ3v) is 4.88. The molecule has 1 atom stereocenters. The monoisotopic (exact) mass is 405 g/mol. The SMILES string of the molecule is C[C@@H](NC(=O)c1nnn(Cc2cccc(Cl)c2)c1-n1cccc1)c1ccccc1. The van der Waals surface area contributed by atoms with Crippen LogP contribution >= 0.6 is 11.6 Å². The number of carbonyl (C=O) groups is 1. The molecule has 0 spiro atoms. The molecular weight excluding hydrogens is 386 g/mol. The average Bonchev–Trinajstić information content (AvgIpc) is 3.38. The van der Waals surface area contributed by atoms with Gasteiger partial charge in [0.2, 0.25) is 0 Å². The largest absolute Gasteiger partial charge is 0.344 e. The summed E-state index contributed by atoms with van der Waals surface area (Å²) in [6.45, 7) is 2.39. The number of amides is 1. The van der Waals surface area contributed by atoms with Gasteiger partial charge in [-0.2, -0.15) is 0 Å². The first-order valence-corrected chi connectivity index (χ1v) is 9.66. The first kappa shape index (κ1) is 19.0. The number of nitrogens with one attached hydrogen (secondary N) is 1. The minimum absolute atomic E-state index is 0.153. The van der Waals surface area contributed by atoms with Crippen LogP contribution in [0, 0.1) is 0 Å². The molecule has 0 fully saturated rings. The number of hydrogen-bond acceptors (Lipinski definition) is 3. The van der Waals surface area contributed by atoms with E-state index in [1.807, 2.05) is 90.6 Å². The van der Waals surface area contributed by atoms with Crippen molar-refractivity contribution < 1.29 is 4.79 Å². The van der Waals surface area contributed by atoms with E-state index in [4.69, 9.17) is 11.6 Å². The third-order valence-electron chi connectivity index (χ3n) is 4.64. The zero-order valence-corrected chi connectivity index (χ0v) is 16.6. The zero-order chi connectivity index (χ0) is 20.2. The Balaban J connectivity index is 1.65. The molecule has 0 aliphatic heterocycles. The van der Waals surface area contributed by atoms with E-state index >= 15 is 0 Å². The van der Waals surface area contributed by atoms with Crippen LogP contribution in [-0.4, -0.2) is 25.5 Å². The van der Waals surface area contributed by atoms with E-state index in [9.17, 15) is 4.79 Å². The Morgan fingerprint density at radius 1 is 1.07 bits per heavy atom. The van der Waals surface area contributed by atoms with Crippen LogP contribution in [0.2, 0.25) is 5.02 Å². The fourth-order valence-electron chi connectivity index (χ4n) is 3.19. The van der Waals surface area contributed by atoms with Crippen LogP contribution in [0.3, 0.4) is 0 Å². The summed E-state index contributed by atoms with van der Waals surface area (Å²) >= 11 is 6.11. The second kappa shape index (κ2) is 8.32. The van der Waals surface area contributed by atoms with E-state index in [2.05, 4.69) is 15.6 Å². The van der Waals surface area contributed by atoms with Crippen molar-refractivity contribution >= 4 is 17.5 Å². The van der Waals surface area contributed by atoms with Gasteiger partial charge in [-0.25, -0.2) is 4.68 Å². The van der Waals surface area contributed by atoms with Crippen LogP contribution in [0.5, 0.6) is 0 Å². The normalized spacial score (nSPS) is 11.9. The summed E-state index contributed by atoms with van der Waals surface area (Å²) in [6, 6.07) is 21.0. The van der Waals surface area contributed by atoms with Gasteiger partial charge in [-0.15, -0.1) is 5.10 Å². The summed E-state index contributed by atoms with van der Waals surface area (Å²) in [7, 11) is 0. The molecule has 29 heavy (non-hydrogen) atoms. The second-order valence-electron chi connectivity index (χ2n) is 6.75. The summed E-state index contributed by atoms with van der Waals surface area (Å²) in [5.41, 5.74) is 2.26. The Hall–Kier alpha value is -3.38. The van der Waals surface area contributed by atoms with Crippen LogP contribution < -0.4 is 5.32 Å². The van der Waals surface area contributed by atoms with Crippen molar-refractivity contribution in [3.63, 3.8) is 0 Å². The van der Waals surface area contributed by atoms with Gasteiger partial charge in [-0.1, -0.05) is 59.3 Å². The Labute approximate surface area is 173 Å². The molecule has 0 aliphatic rings. The molecule has 0 aliphatic carbocycles.